The van der Waals surface area contributed by atoms with E-state index in [2.05, 4.69) is 0 Å². The summed E-state index contributed by atoms with van der Waals surface area (Å²) in [4.78, 5) is 24.6. The second-order valence-electron chi connectivity index (χ2n) is 4.61. The van der Waals surface area contributed by atoms with Crippen molar-refractivity contribution in [3.63, 3.8) is 0 Å². The van der Waals surface area contributed by atoms with Crippen LogP contribution in [0, 0.1) is 5.41 Å². The molecule has 6 heteroatoms. The molecule has 2 bridgehead atoms. The lowest BCUT2D eigenvalue weighted by Gasteiger charge is -2.36. The molecule has 2 heterocycles. The predicted octanol–water partition coefficient (Wildman–Crippen LogP) is 0.189. The zero-order valence-electron chi connectivity index (χ0n) is 11.0. The number of rotatable bonds is 5. The monoisotopic (exact) mass is 270 g/mol. The fourth-order valence-corrected chi connectivity index (χ4v) is 2.77. The molecule has 2 unspecified atom stereocenters. The van der Waals surface area contributed by atoms with Crippen LogP contribution in [-0.2, 0) is 23.8 Å². The molecule has 0 spiro atoms. The summed E-state index contributed by atoms with van der Waals surface area (Å²) >= 11 is 0. The highest BCUT2D eigenvalue weighted by Gasteiger charge is 2.71. The van der Waals surface area contributed by atoms with Gasteiger partial charge in [0.15, 0.2) is 0 Å². The lowest BCUT2D eigenvalue weighted by atomic mass is 9.68. The average Bonchev–Trinajstić information content (AvgIpc) is 2.96. The number of carbonyl (C=O) groups excluding carboxylic acids is 2. The van der Waals surface area contributed by atoms with Crippen molar-refractivity contribution in [1.82, 2.24) is 0 Å². The molecule has 2 atom stereocenters. The number of aliphatic hydroxyl groups excluding tert-OH is 1. The SMILES string of the molecule is CCOC(=O)C1(C(=O)OCC)CC2C=CC1(CO)O2. The van der Waals surface area contributed by atoms with E-state index in [1.54, 1.807) is 26.0 Å². The zero-order valence-corrected chi connectivity index (χ0v) is 11.0. The third-order valence-corrected chi connectivity index (χ3v) is 3.65. The molecule has 6 nitrogen and oxygen atoms in total. The third-order valence-electron chi connectivity index (χ3n) is 3.65. The minimum Gasteiger partial charge on any atom is -0.465 e. The first kappa shape index (κ1) is 14.0. The van der Waals surface area contributed by atoms with Crippen LogP contribution in [0.25, 0.3) is 0 Å². The zero-order chi connectivity index (χ0) is 14.1. The number of hydrogen-bond donors (Lipinski definition) is 1. The van der Waals surface area contributed by atoms with Gasteiger partial charge in [0.05, 0.1) is 25.9 Å². The molecule has 0 aromatic rings. The van der Waals surface area contributed by atoms with Crippen molar-refractivity contribution in [3.05, 3.63) is 12.2 Å². The van der Waals surface area contributed by atoms with E-state index in [0.29, 0.717) is 0 Å². The minimum atomic E-state index is -1.60. The first-order chi connectivity index (χ1) is 9.06. The molecular formula is C13H18O6. The topological polar surface area (TPSA) is 82.1 Å². The van der Waals surface area contributed by atoms with Crippen molar-refractivity contribution in [3.8, 4) is 0 Å². The van der Waals surface area contributed by atoms with E-state index < -0.39 is 29.6 Å². The number of fused-ring (bicyclic) bond motifs is 2. The van der Waals surface area contributed by atoms with Crippen LogP contribution in [0.2, 0.25) is 0 Å². The van der Waals surface area contributed by atoms with Gasteiger partial charge in [-0.15, -0.1) is 0 Å². The van der Waals surface area contributed by atoms with E-state index in [1.165, 1.54) is 0 Å². The summed E-state index contributed by atoms with van der Waals surface area (Å²) in [5, 5.41) is 9.62. The quantitative estimate of drug-likeness (QED) is 0.436. The van der Waals surface area contributed by atoms with Crippen molar-refractivity contribution in [2.24, 2.45) is 5.41 Å². The summed E-state index contributed by atoms with van der Waals surface area (Å²) in [7, 11) is 0. The molecule has 1 saturated heterocycles. The van der Waals surface area contributed by atoms with Gasteiger partial charge in [-0.05, 0) is 13.8 Å². The summed E-state index contributed by atoms with van der Waals surface area (Å²) in [6, 6.07) is 0. The van der Waals surface area contributed by atoms with Crippen molar-refractivity contribution >= 4 is 11.9 Å². The van der Waals surface area contributed by atoms with Gasteiger partial charge in [-0.25, -0.2) is 0 Å². The molecule has 2 aliphatic heterocycles. The van der Waals surface area contributed by atoms with Gasteiger partial charge in [-0.1, -0.05) is 12.2 Å². The molecule has 1 fully saturated rings. The van der Waals surface area contributed by atoms with E-state index in [1.807, 2.05) is 0 Å². The summed E-state index contributed by atoms with van der Waals surface area (Å²) in [6.07, 6.45) is 3.07. The summed E-state index contributed by atoms with van der Waals surface area (Å²) in [5.41, 5.74) is -2.97. The van der Waals surface area contributed by atoms with Crippen LogP contribution < -0.4 is 0 Å². The number of hydrogen-bond acceptors (Lipinski definition) is 6. The normalized spacial score (nSPS) is 30.4. The van der Waals surface area contributed by atoms with Crippen LogP contribution in [0.4, 0.5) is 0 Å². The Kier molecular flexibility index (Phi) is 3.64. The lowest BCUT2D eigenvalue weighted by molar-refractivity contribution is -0.184. The molecular weight excluding hydrogens is 252 g/mol. The van der Waals surface area contributed by atoms with E-state index in [9.17, 15) is 14.7 Å². The molecule has 0 aliphatic carbocycles. The fourth-order valence-electron chi connectivity index (χ4n) is 2.77. The molecule has 0 radical (unpaired) electrons. The van der Waals surface area contributed by atoms with Crippen LogP contribution >= 0.6 is 0 Å². The molecule has 1 N–H and O–H groups in total. The van der Waals surface area contributed by atoms with Crippen molar-refractivity contribution in [2.45, 2.75) is 32.0 Å². The maximum atomic E-state index is 12.3. The van der Waals surface area contributed by atoms with Gasteiger partial charge in [0.1, 0.15) is 5.60 Å². The molecule has 0 saturated carbocycles. The number of aliphatic hydroxyl groups is 1. The minimum absolute atomic E-state index is 0.141. The summed E-state index contributed by atoms with van der Waals surface area (Å²) in [5.74, 6) is -1.40. The van der Waals surface area contributed by atoms with Crippen LogP contribution in [0.5, 0.6) is 0 Å². The standard InChI is InChI=1S/C13H18O6/c1-3-17-10(15)13(11(16)18-4-2)7-9-5-6-12(13,8-14)19-9/h5-6,9,14H,3-4,7-8H2,1-2H3. The van der Waals surface area contributed by atoms with E-state index in [-0.39, 0.29) is 25.7 Å². The van der Waals surface area contributed by atoms with E-state index in [0.717, 1.165) is 0 Å². The largest absolute Gasteiger partial charge is 0.465 e. The van der Waals surface area contributed by atoms with Crippen molar-refractivity contribution < 1.29 is 28.9 Å². The van der Waals surface area contributed by atoms with Gasteiger partial charge in [0.25, 0.3) is 0 Å². The smallest absolute Gasteiger partial charge is 0.327 e. The van der Waals surface area contributed by atoms with Crippen LogP contribution in [0.1, 0.15) is 20.3 Å². The van der Waals surface area contributed by atoms with Crippen LogP contribution in [-0.4, -0.2) is 48.6 Å². The second-order valence-corrected chi connectivity index (χ2v) is 4.61. The summed E-state index contributed by atoms with van der Waals surface area (Å²) in [6.45, 7) is 3.14. The first-order valence-corrected chi connectivity index (χ1v) is 6.38. The average molecular weight is 270 g/mol. The Morgan fingerprint density at radius 3 is 2.32 bits per heavy atom. The maximum absolute atomic E-state index is 12.3. The molecule has 19 heavy (non-hydrogen) atoms. The molecule has 0 amide bonds. The number of ether oxygens (including phenoxy) is 3. The van der Waals surface area contributed by atoms with E-state index in [4.69, 9.17) is 14.2 Å². The predicted molar refractivity (Wildman–Crippen MR) is 64.1 cm³/mol. The fraction of sp³-hybridized carbons (Fsp3) is 0.692. The van der Waals surface area contributed by atoms with Gasteiger partial charge in [0.2, 0.25) is 5.41 Å². The van der Waals surface area contributed by atoms with Crippen LogP contribution in [0.3, 0.4) is 0 Å². The maximum Gasteiger partial charge on any atom is 0.327 e. The molecule has 2 aliphatic rings. The summed E-state index contributed by atoms with van der Waals surface area (Å²) < 4.78 is 15.6. The molecule has 0 aromatic heterocycles. The van der Waals surface area contributed by atoms with Gasteiger partial charge in [-0.2, -0.15) is 0 Å². The van der Waals surface area contributed by atoms with Crippen molar-refractivity contribution in [1.29, 1.82) is 0 Å². The lowest BCUT2D eigenvalue weighted by Crippen LogP contribution is -2.57. The van der Waals surface area contributed by atoms with Crippen molar-refractivity contribution in [2.75, 3.05) is 19.8 Å². The Morgan fingerprint density at radius 2 is 1.89 bits per heavy atom. The van der Waals surface area contributed by atoms with Gasteiger partial charge in [0, 0.05) is 6.42 Å². The van der Waals surface area contributed by atoms with Gasteiger partial charge >= 0.3 is 11.9 Å². The number of carbonyl (C=O) groups is 2. The van der Waals surface area contributed by atoms with E-state index >= 15 is 0 Å². The Balaban J connectivity index is 2.44. The first-order valence-electron chi connectivity index (χ1n) is 6.38. The highest BCUT2D eigenvalue weighted by Crippen LogP contribution is 2.53. The Labute approximate surface area is 111 Å². The molecule has 106 valence electrons. The Bertz CT molecular complexity index is 397. The highest BCUT2D eigenvalue weighted by atomic mass is 16.6. The molecule has 2 rings (SSSR count). The number of esters is 2. The van der Waals surface area contributed by atoms with Gasteiger partial charge in [-0.3, -0.25) is 9.59 Å². The Hall–Kier alpha value is -1.40. The van der Waals surface area contributed by atoms with Gasteiger partial charge < -0.3 is 19.3 Å². The van der Waals surface area contributed by atoms with Crippen LogP contribution in [0.15, 0.2) is 12.2 Å². The second kappa shape index (κ2) is 4.94. The highest BCUT2D eigenvalue weighted by molar-refractivity contribution is 6.03. The third kappa shape index (κ3) is 1.78. The Morgan fingerprint density at radius 1 is 1.32 bits per heavy atom. The molecule has 0 aromatic carbocycles.